The average Bonchev–Trinajstić information content (AvgIpc) is 1.79. The monoisotopic (exact) mass is 128 g/mol. The van der Waals surface area contributed by atoms with Crippen LogP contribution in [0, 0.1) is 5.41 Å². The Morgan fingerprint density at radius 1 is 1.56 bits per heavy atom. The molecule has 1 fully saturated rings. The Kier molecular flexibility index (Phi) is 2.09. The minimum atomic E-state index is 0.631. The summed E-state index contributed by atoms with van der Waals surface area (Å²) >= 11 is 0. The summed E-state index contributed by atoms with van der Waals surface area (Å²) in [6, 6.07) is 0. The van der Waals surface area contributed by atoms with Gasteiger partial charge in [-0.3, -0.25) is 11.3 Å². The van der Waals surface area contributed by atoms with Gasteiger partial charge in [0, 0.05) is 6.54 Å². The van der Waals surface area contributed by atoms with E-state index in [2.05, 4.69) is 12.3 Å². The van der Waals surface area contributed by atoms with E-state index in [9.17, 15) is 0 Å². The summed E-state index contributed by atoms with van der Waals surface area (Å²) in [5, 5.41) is 0. The molecule has 54 valence electrons. The molecule has 0 bridgehead atoms. The van der Waals surface area contributed by atoms with Gasteiger partial charge in [0.05, 0.1) is 0 Å². The number of hydrogen-bond donors (Lipinski definition) is 2. The first kappa shape index (κ1) is 7.03. The maximum atomic E-state index is 5.16. The Bertz CT molecular complexity index is 86.9. The molecule has 0 atom stereocenters. The maximum Gasteiger partial charge on any atom is 0.0103 e. The Morgan fingerprint density at radius 3 is 2.56 bits per heavy atom. The fourth-order valence-corrected chi connectivity index (χ4v) is 1.40. The van der Waals surface area contributed by atoms with Gasteiger partial charge < -0.3 is 0 Å². The van der Waals surface area contributed by atoms with Crippen LogP contribution in [0.4, 0.5) is 0 Å². The van der Waals surface area contributed by atoms with Crippen LogP contribution in [0.3, 0.4) is 0 Å². The molecule has 0 aromatic rings. The van der Waals surface area contributed by atoms with Crippen LogP contribution in [0.2, 0.25) is 0 Å². The molecular weight excluding hydrogens is 112 g/mol. The van der Waals surface area contributed by atoms with Gasteiger partial charge >= 0.3 is 0 Å². The van der Waals surface area contributed by atoms with E-state index in [1.54, 1.807) is 0 Å². The normalized spacial score (nSPS) is 23.3. The van der Waals surface area contributed by atoms with Gasteiger partial charge in [0.2, 0.25) is 0 Å². The van der Waals surface area contributed by atoms with E-state index in [4.69, 9.17) is 5.84 Å². The van der Waals surface area contributed by atoms with Gasteiger partial charge in [-0.05, 0) is 24.7 Å². The first-order valence-electron chi connectivity index (χ1n) is 3.70. The van der Waals surface area contributed by atoms with E-state index in [-0.39, 0.29) is 0 Å². The first-order chi connectivity index (χ1) is 4.27. The zero-order valence-corrected chi connectivity index (χ0v) is 6.11. The molecule has 3 N–H and O–H groups in total. The Balaban J connectivity index is 2.09. The summed E-state index contributed by atoms with van der Waals surface area (Å²) in [6.45, 7) is 3.31. The van der Waals surface area contributed by atoms with Gasteiger partial charge in [-0.15, -0.1) is 0 Å². The van der Waals surface area contributed by atoms with Crippen molar-refractivity contribution in [1.82, 2.24) is 5.43 Å². The molecule has 9 heavy (non-hydrogen) atoms. The lowest BCUT2D eigenvalue weighted by atomic mass is 9.68. The molecule has 0 spiro atoms. The predicted molar refractivity (Wildman–Crippen MR) is 38.8 cm³/mol. The number of hydrogen-bond acceptors (Lipinski definition) is 2. The first-order valence-corrected chi connectivity index (χ1v) is 3.70. The van der Waals surface area contributed by atoms with Crippen molar-refractivity contribution in [2.24, 2.45) is 11.3 Å². The van der Waals surface area contributed by atoms with E-state index in [0.717, 1.165) is 6.54 Å². The van der Waals surface area contributed by atoms with Gasteiger partial charge in [0.25, 0.3) is 0 Å². The molecule has 2 nitrogen and oxygen atoms in total. The molecule has 0 aromatic carbocycles. The molecular formula is C7H16N2. The van der Waals surface area contributed by atoms with Crippen LogP contribution in [0.25, 0.3) is 0 Å². The van der Waals surface area contributed by atoms with Crippen molar-refractivity contribution in [1.29, 1.82) is 0 Å². The van der Waals surface area contributed by atoms with Crippen molar-refractivity contribution in [2.75, 3.05) is 6.54 Å². The molecule has 1 saturated carbocycles. The fraction of sp³-hybridized carbons (Fsp3) is 1.00. The minimum Gasteiger partial charge on any atom is -0.271 e. The topological polar surface area (TPSA) is 38.0 Å². The summed E-state index contributed by atoms with van der Waals surface area (Å²) in [4.78, 5) is 0. The Labute approximate surface area is 56.8 Å². The third kappa shape index (κ3) is 1.66. The van der Waals surface area contributed by atoms with Crippen LogP contribution >= 0.6 is 0 Å². The van der Waals surface area contributed by atoms with E-state index in [0.29, 0.717) is 5.41 Å². The zero-order valence-electron chi connectivity index (χ0n) is 6.11. The maximum absolute atomic E-state index is 5.16. The van der Waals surface area contributed by atoms with Crippen LogP contribution in [-0.4, -0.2) is 6.54 Å². The molecule has 0 aromatic heterocycles. The zero-order chi connectivity index (χ0) is 6.74. The van der Waals surface area contributed by atoms with Crippen molar-refractivity contribution < 1.29 is 0 Å². The summed E-state index contributed by atoms with van der Waals surface area (Å²) in [5.41, 5.74) is 3.32. The smallest absolute Gasteiger partial charge is 0.0103 e. The molecule has 0 aliphatic heterocycles. The second kappa shape index (κ2) is 2.67. The summed E-state index contributed by atoms with van der Waals surface area (Å²) < 4.78 is 0. The Hall–Kier alpha value is -0.0800. The van der Waals surface area contributed by atoms with Crippen LogP contribution in [-0.2, 0) is 0 Å². The highest BCUT2D eigenvalue weighted by Crippen LogP contribution is 2.42. The second-order valence-corrected chi connectivity index (χ2v) is 3.37. The van der Waals surface area contributed by atoms with Crippen LogP contribution in [0.15, 0.2) is 0 Å². The van der Waals surface area contributed by atoms with Crippen LogP contribution < -0.4 is 11.3 Å². The third-order valence-corrected chi connectivity index (χ3v) is 2.43. The highest BCUT2D eigenvalue weighted by atomic mass is 15.2. The summed E-state index contributed by atoms with van der Waals surface area (Å²) in [7, 11) is 0. The lowest BCUT2D eigenvalue weighted by Crippen LogP contribution is -2.32. The van der Waals surface area contributed by atoms with Gasteiger partial charge in [-0.2, -0.15) is 0 Å². The second-order valence-electron chi connectivity index (χ2n) is 3.37. The fourth-order valence-electron chi connectivity index (χ4n) is 1.40. The molecule has 1 rings (SSSR count). The molecule has 1 aliphatic carbocycles. The SMILES string of the molecule is CC1(CCNN)CCC1. The van der Waals surface area contributed by atoms with E-state index >= 15 is 0 Å². The standard InChI is InChI=1S/C7H16N2/c1-7(3-2-4-7)5-6-9-8/h9H,2-6,8H2,1H3. The van der Waals surface area contributed by atoms with Gasteiger partial charge in [-0.1, -0.05) is 13.3 Å². The minimum absolute atomic E-state index is 0.631. The molecule has 0 unspecified atom stereocenters. The van der Waals surface area contributed by atoms with E-state index < -0.39 is 0 Å². The average molecular weight is 128 g/mol. The summed E-state index contributed by atoms with van der Waals surface area (Å²) in [5.74, 6) is 5.16. The Morgan fingerprint density at radius 2 is 2.22 bits per heavy atom. The van der Waals surface area contributed by atoms with E-state index in [1.165, 1.54) is 25.7 Å². The van der Waals surface area contributed by atoms with Crippen LogP contribution in [0.1, 0.15) is 32.6 Å². The summed E-state index contributed by atoms with van der Waals surface area (Å²) in [6.07, 6.45) is 5.45. The molecule has 0 radical (unpaired) electrons. The van der Waals surface area contributed by atoms with Gasteiger partial charge in [0.15, 0.2) is 0 Å². The van der Waals surface area contributed by atoms with E-state index in [1.807, 2.05) is 0 Å². The van der Waals surface area contributed by atoms with Crippen molar-refractivity contribution in [3.8, 4) is 0 Å². The number of rotatable bonds is 3. The molecule has 0 amide bonds. The number of hydrazine groups is 1. The molecule has 2 heteroatoms. The highest BCUT2D eigenvalue weighted by molar-refractivity contribution is 4.83. The van der Waals surface area contributed by atoms with Gasteiger partial charge in [-0.25, -0.2) is 0 Å². The number of nitrogens with two attached hydrogens (primary N) is 1. The molecule has 0 saturated heterocycles. The van der Waals surface area contributed by atoms with Crippen LogP contribution in [0.5, 0.6) is 0 Å². The molecule has 1 aliphatic rings. The van der Waals surface area contributed by atoms with Crippen molar-refractivity contribution in [3.63, 3.8) is 0 Å². The van der Waals surface area contributed by atoms with Crippen molar-refractivity contribution >= 4 is 0 Å². The van der Waals surface area contributed by atoms with Crippen molar-refractivity contribution in [2.45, 2.75) is 32.6 Å². The molecule has 0 heterocycles. The predicted octanol–water partition coefficient (Wildman–Crippen LogP) is 1.03. The quantitative estimate of drug-likeness (QED) is 0.440. The number of nitrogens with one attached hydrogen (secondary N) is 1. The lowest BCUT2D eigenvalue weighted by Gasteiger charge is -2.38. The van der Waals surface area contributed by atoms with Crippen molar-refractivity contribution in [3.05, 3.63) is 0 Å². The largest absolute Gasteiger partial charge is 0.271 e. The third-order valence-electron chi connectivity index (χ3n) is 2.43. The highest BCUT2D eigenvalue weighted by Gasteiger charge is 2.30. The lowest BCUT2D eigenvalue weighted by molar-refractivity contribution is 0.146. The van der Waals surface area contributed by atoms with Gasteiger partial charge in [0.1, 0.15) is 0 Å².